The van der Waals surface area contributed by atoms with E-state index in [4.69, 9.17) is 4.74 Å². The van der Waals surface area contributed by atoms with E-state index >= 15 is 0 Å². The Morgan fingerprint density at radius 1 is 1.00 bits per heavy atom. The van der Waals surface area contributed by atoms with Gasteiger partial charge in [-0.15, -0.1) is 0 Å². The minimum absolute atomic E-state index is 0.0231. The van der Waals surface area contributed by atoms with Gasteiger partial charge in [-0.05, 0) is 76.9 Å². The Labute approximate surface area is 213 Å². The molecule has 12 heteroatoms. The summed E-state index contributed by atoms with van der Waals surface area (Å²) in [5.41, 5.74) is 1.79. The van der Waals surface area contributed by atoms with Crippen molar-refractivity contribution in [2.45, 2.75) is 11.8 Å². The van der Waals surface area contributed by atoms with Crippen LogP contribution >= 0.6 is 15.9 Å². The molecule has 0 aliphatic carbocycles. The van der Waals surface area contributed by atoms with Gasteiger partial charge in [0.15, 0.2) is 0 Å². The first-order valence-corrected chi connectivity index (χ1v) is 14.3. The molecule has 0 radical (unpaired) electrons. The second-order valence-electron chi connectivity index (χ2n) is 7.60. The number of benzene rings is 3. The highest BCUT2D eigenvalue weighted by molar-refractivity contribution is 9.10. The first-order chi connectivity index (χ1) is 16.4. The smallest absolute Gasteiger partial charge is 0.262 e. The molecule has 3 rings (SSSR count). The molecule has 2 N–H and O–H groups in total. The fourth-order valence-corrected chi connectivity index (χ4v) is 5.73. The molecule has 0 saturated carbocycles. The van der Waals surface area contributed by atoms with Crippen molar-refractivity contribution in [1.82, 2.24) is 0 Å². The lowest BCUT2D eigenvalue weighted by molar-refractivity contribution is -0.114. The Morgan fingerprint density at radius 2 is 1.66 bits per heavy atom. The Kier molecular flexibility index (Phi) is 8.08. The topological polar surface area (TPSA) is 122 Å². The fraction of sp³-hybridized carbons (Fsp3) is 0.174. The van der Waals surface area contributed by atoms with Crippen LogP contribution in [0.15, 0.2) is 76.1 Å². The number of hydrogen-bond acceptors (Lipinski definition) is 6. The highest BCUT2D eigenvalue weighted by Gasteiger charge is 2.23. The molecule has 9 nitrogen and oxygen atoms in total. The van der Waals surface area contributed by atoms with Gasteiger partial charge in [0, 0.05) is 10.2 Å². The molecular weight excluding hydrogens is 558 g/mol. The van der Waals surface area contributed by atoms with Crippen molar-refractivity contribution in [3.05, 3.63) is 76.8 Å². The normalized spacial score (nSPS) is 11.5. The van der Waals surface area contributed by atoms with Crippen LogP contribution in [0.4, 0.5) is 17.1 Å². The highest BCUT2D eigenvalue weighted by Crippen LogP contribution is 2.29. The predicted molar refractivity (Wildman–Crippen MR) is 140 cm³/mol. The molecule has 0 aliphatic rings. The van der Waals surface area contributed by atoms with Gasteiger partial charge in [-0.1, -0.05) is 18.2 Å². The zero-order chi connectivity index (χ0) is 25.8. The maximum absolute atomic E-state index is 12.8. The van der Waals surface area contributed by atoms with Gasteiger partial charge in [-0.3, -0.25) is 13.8 Å². The van der Waals surface area contributed by atoms with Crippen molar-refractivity contribution in [1.29, 1.82) is 0 Å². The molecule has 0 aromatic heterocycles. The van der Waals surface area contributed by atoms with Gasteiger partial charge in [0.2, 0.25) is 15.9 Å². The third kappa shape index (κ3) is 6.74. The van der Waals surface area contributed by atoms with Gasteiger partial charge in [-0.25, -0.2) is 16.8 Å². The minimum Gasteiger partial charge on any atom is -0.495 e. The van der Waals surface area contributed by atoms with Crippen molar-refractivity contribution in [2.75, 3.05) is 34.3 Å². The number of ether oxygens (including phenoxy) is 1. The Bertz CT molecular complexity index is 1440. The number of carbonyl (C=O) groups is 1. The van der Waals surface area contributed by atoms with Gasteiger partial charge in [0.25, 0.3) is 10.0 Å². The van der Waals surface area contributed by atoms with E-state index in [1.165, 1.54) is 31.4 Å². The van der Waals surface area contributed by atoms with Crippen LogP contribution in [0.5, 0.6) is 5.75 Å². The number of halogens is 1. The zero-order valence-electron chi connectivity index (χ0n) is 19.1. The molecule has 186 valence electrons. The Hall–Kier alpha value is -3.09. The van der Waals surface area contributed by atoms with Gasteiger partial charge in [-0.2, -0.15) is 0 Å². The molecule has 0 fully saturated rings. The number of amides is 1. The van der Waals surface area contributed by atoms with Gasteiger partial charge < -0.3 is 10.1 Å². The largest absolute Gasteiger partial charge is 0.495 e. The number of rotatable bonds is 9. The third-order valence-corrected chi connectivity index (χ3v) is 8.03. The average Bonchev–Trinajstić information content (AvgIpc) is 2.78. The van der Waals surface area contributed by atoms with Crippen LogP contribution in [-0.4, -0.2) is 42.7 Å². The van der Waals surface area contributed by atoms with Crippen LogP contribution in [0.25, 0.3) is 0 Å². The SMILES string of the molecule is COc1ccc(C)cc1NS(=O)(=O)c1ccc(NC(=O)CN(c2ccccc2Br)S(C)(=O)=O)cc1. The molecule has 35 heavy (non-hydrogen) atoms. The van der Waals surface area contributed by atoms with E-state index in [1.807, 2.05) is 6.92 Å². The molecule has 0 bridgehead atoms. The van der Waals surface area contributed by atoms with Gasteiger partial charge >= 0.3 is 0 Å². The summed E-state index contributed by atoms with van der Waals surface area (Å²) in [5.74, 6) is -0.215. The lowest BCUT2D eigenvalue weighted by Gasteiger charge is -2.23. The van der Waals surface area contributed by atoms with Gasteiger partial charge in [0.05, 0.1) is 29.6 Å². The monoisotopic (exact) mass is 581 g/mol. The summed E-state index contributed by atoms with van der Waals surface area (Å²) >= 11 is 3.30. The quantitative estimate of drug-likeness (QED) is 0.394. The molecule has 0 unspecified atom stereocenters. The van der Waals surface area contributed by atoms with E-state index in [9.17, 15) is 21.6 Å². The summed E-state index contributed by atoms with van der Waals surface area (Å²) in [7, 11) is -6.22. The van der Waals surface area contributed by atoms with Crippen LogP contribution in [0, 0.1) is 6.92 Å². The number of para-hydroxylation sites is 1. The number of nitrogens with zero attached hydrogens (tertiary/aromatic N) is 1. The van der Waals surface area contributed by atoms with Crippen LogP contribution in [0.2, 0.25) is 0 Å². The van der Waals surface area contributed by atoms with Crippen LogP contribution in [0.3, 0.4) is 0 Å². The number of hydrogen-bond donors (Lipinski definition) is 2. The second kappa shape index (κ2) is 10.7. The van der Waals surface area contributed by atoms with E-state index < -0.39 is 32.5 Å². The molecular formula is C23H24BrN3O6S2. The zero-order valence-corrected chi connectivity index (χ0v) is 22.4. The standard InChI is InChI=1S/C23H24BrN3O6S2/c1-16-8-13-22(33-2)20(14-16)26-35(31,32)18-11-9-17(10-12-18)25-23(28)15-27(34(3,29)30)21-7-5-4-6-19(21)24/h4-14,26H,15H2,1-3H3,(H,25,28). The summed E-state index contributed by atoms with van der Waals surface area (Å²) in [6.07, 6.45) is 1.01. The fourth-order valence-electron chi connectivity index (χ4n) is 3.19. The summed E-state index contributed by atoms with van der Waals surface area (Å²) in [6, 6.07) is 17.3. The number of carbonyl (C=O) groups excluding carboxylic acids is 1. The lowest BCUT2D eigenvalue weighted by Crippen LogP contribution is -2.37. The van der Waals surface area contributed by atoms with Crippen molar-refractivity contribution in [2.24, 2.45) is 0 Å². The van der Waals surface area contributed by atoms with E-state index in [-0.39, 0.29) is 4.90 Å². The number of nitrogens with one attached hydrogen (secondary N) is 2. The lowest BCUT2D eigenvalue weighted by atomic mass is 10.2. The van der Waals surface area contributed by atoms with Crippen molar-refractivity contribution in [3.8, 4) is 5.75 Å². The van der Waals surface area contributed by atoms with E-state index in [0.717, 1.165) is 16.1 Å². The molecule has 3 aromatic rings. The maximum Gasteiger partial charge on any atom is 0.262 e. The highest BCUT2D eigenvalue weighted by atomic mass is 79.9. The third-order valence-electron chi connectivity index (χ3n) is 4.86. The van der Waals surface area contributed by atoms with E-state index in [0.29, 0.717) is 27.3 Å². The first-order valence-electron chi connectivity index (χ1n) is 10.2. The Morgan fingerprint density at radius 3 is 2.26 bits per heavy atom. The molecule has 0 aliphatic heterocycles. The average molecular weight is 582 g/mol. The predicted octanol–water partition coefficient (Wildman–Crippen LogP) is 3.97. The molecule has 0 atom stereocenters. The summed E-state index contributed by atoms with van der Waals surface area (Å²) in [5, 5.41) is 2.59. The number of methoxy groups -OCH3 is 1. The molecule has 0 spiro atoms. The van der Waals surface area contributed by atoms with Crippen molar-refractivity contribution >= 4 is 58.9 Å². The molecule has 3 aromatic carbocycles. The molecule has 0 saturated heterocycles. The summed E-state index contributed by atoms with van der Waals surface area (Å²) in [4.78, 5) is 12.6. The molecule has 0 heterocycles. The summed E-state index contributed by atoms with van der Waals surface area (Å²) < 4.78 is 59.4. The molecule has 1 amide bonds. The van der Waals surface area contributed by atoms with Crippen molar-refractivity contribution < 1.29 is 26.4 Å². The van der Waals surface area contributed by atoms with Crippen LogP contribution < -0.4 is 19.1 Å². The second-order valence-corrected chi connectivity index (χ2v) is 12.0. The van der Waals surface area contributed by atoms with E-state index in [1.54, 1.807) is 42.5 Å². The Balaban J connectivity index is 1.75. The maximum atomic E-state index is 12.8. The van der Waals surface area contributed by atoms with Crippen LogP contribution in [0.1, 0.15) is 5.56 Å². The number of aryl methyl sites for hydroxylation is 1. The van der Waals surface area contributed by atoms with Crippen LogP contribution in [-0.2, 0) is 24.8 Å². The number of sulfonamides is 2. The van der Waals surface area contributed by atoms with E-state index in [2.05, 4.69) is 26.0 Å². The first kappa shape index (κ1) is 26.5. The summed E-state index contributed by atoms with van der Waals surface area (Å²) in [6.45, 7) is 1.37. The minimum atomic E-state index is -3.92. The van der Waals surface area contributed by atoms with Crippen molar-refractivity contribution in [3.63, 3.8) is 0 Å². The van der Waals surface area contributed by atoms with Gasteiger partial charge in [0.1, 0.15) is 12.3 Å². The number of anilines is 3.